The first-order valence-corrected chi connectivity index (χ1v) is 12.5. The fourth-order valence-electron chi connectivity index (χ4n) is 5.06. The normalized spacial score (nSPS) is 17.2. The number of ether oxygens (including phenoxy) is 1. The molecule has 3 aromatic carbocycles. The van der Waals surface area contributed by atoms with E-state index in [0.29, 0.717) is 40.2 Å². The van der Waals surface area contributed by atoms with Gasteiger partial charge in [-0.1, -0.05) is 18.2 Å². The van der Waals surface area contributed by atoms with Crippen LogP contribution in [0.1, 0.15) is 18.4 Å². The number of aliphatic hydroxyl groups is 1. The van der Waals surface area contributed by atoms with Crippen LogP contribution >= 0.6 is 0 Å². The lowest BCUT2D eigenvalue weighted by molar-refractivity contribution is 0.00925. The first-order valence-electron chi connectivity index (χ1n) is 12.5. The molecule has 1 fully saturated rings. The summed E-state index contributed by atoms with van der Waals surface area (Å²) in [5.41, 5.74) is 5.49. The molecule has 0 saturated heterocycles. The van der Waals surface area contributed by atoms with E-state index in [2.05, 4.69) is 22.1 Å². The molecule has 194 valence electrons. The first-order chi connectivity index (χ1) is 18.4. The molecule has 1 aliphatic rings. The lowest BCUT2D eigenvalue weighted by atomic mass is 9.88. The number of aromatic nitrogens is 4. The highest BCUT2D eigenvalue weighted by Gasteiger charge is 2.30. The van der Waals surface area contributed by atoms with Crippen molar-refractivity contribution < 1.29 is 18.7 Å². The van der Waals surface area contributed by atoms with Crippen molar-refractivity contribution in [1.29, 1.82) is 0 Å². The Bertz CT molecular complexity index is 1620. The predicted molar refractivity (Wildman–Crippen MR) is 142 cm³/mol. The fourth-order valence-corrected chi connectivity index (χ4v) is 5.06. The molecule has 9 heteroatoms. The highest BCUT2D eigenvalue weighted by molar-refractivity contribution is 5.85. The maximum atomic E-state index is 14.2. The number of halogens is 1. The number of hydrogen-bond donors (Lipinski definition) is 1. The number of rotatable bonds is 7. The molecule has 0 amide bonds. The van der Waals surface area contributed by atoms with Crippen LogP contribution in [0, 0.1) is 5.82 Å². The molecule has 5 aromatic rings. The Labute approximate surface area is 219 Å². The number of hydrogen-bond acceptors (Lipinski definition) is 7. The first kappa shape index (κ1) is 24.3. The molecule has 0 unspecified atom stereocenters. The maximum Gasteiger partial charge on any atom is 0.227 e. The number of aliphatic hydroxyl groups excluding tert-OH is 1. The van der Waals surface area contributed by atoms with Crippen LogP contribution < -0.4 is 4.74 Å². The van der Waals surface area contributed by atoms with Crippen molar-refractivity contribution in [2.45, 2.75) is 31.5 Å². The van der Waals surface area contributed by atoms with Gasteiger partial charge in [0, 0.05) is 30.8 Å². The zero-order valence-corrected chi connectivity index (χ0v) is 21.4. The molecule has 0 atom stereocenters. The summed E-state index contributed by atoms with van der Waals surface area (Å²) in [4.78, 5) is 7.04. The second kappa shape index (κ2) is 9.66. The quantitative estimate of drug-likeness (QED) is 0.325. The van der Waals surface area contributed by atoms with Gasteiger partial charge in [-0.3, -0.25) is 4.90 Å². The van der Waals surface area contributed by atoms with Gasteiger partial charge in [0.25, 0.3) is 0 Å². The van der Waals surface area contributed by atoms with Crippen LogP contribution in [0.2, 0.25) is 0 Å². The van der Waals surface area contributed by atoms with E-state index in [4.69, 9.17) is 14.1 Å². The maximum absolute atomic E-state index is 14.2. The highest BCUT2D eigenvalue weighted by atomic mass is 19.1. The van der Waals surface area contributed by atoms with Crippen molar-refractivity contribution in [2.75, 3.05) is 14.2 Å². The Balaban J connectivity index is 1.36. The average Bonchev–Trinajstić information content (AvgIpc) is 3.52. The third kappa shape index (κ3) is 4.44. The summed E-state index contributed by atoms with van der Waals surface area (Å²) in [6.07, 6.45) is 2.99. The molecule has 1 N–H and O–H groups in total. The van der Waals surface area contributed by atoms with Crippen LogP contribution in [0.25, 0.3) is 45.1 Å². The fraction of sp³-hybridized carbons (Fsp3) is 0.276. The number of methoxy groups -OCH3 is 1. The minimum atomic E-state index is -0.344. The van der Waals surface area contributed by atoms with Crippen molar-refractivity contribution in [1.82, 2.24) is 24.6 Å². The van der Waals surface area contributed by atoms with E-state index in [0.717, 1.165) is 41.6 Å². The van der Waals surface area contributed by atoms with E-state index in [1.165, 1.54) is 12.1 Å². The molecule has 8 nitrogen and oxygen atoms in total. The SMILES string of the molecule is COc1cc(CN(C)C2CC(O)C2)cc2nc(-c3cccc(-c4ccc(F)cc4-c4nncn4C)c3)oc12. The number of oxazole rings is 1. The summed E-state index contributed by atoms with van der Waals surface area (Å²) < 4.78 is 27.8. The van der Waals surface area contributed by atoms with E-state index < -0.39 is 0 Å². The molecule has 0 bridgehead atoms. The van der Waals surface area contributed by atoms with Crippen molar-refractivity contribution in [2.24, 2.45) is 7.05 Å². The van der Waals surface area contributed by atoms with Crippen molar-refractivity contribution >= 4 is 11.1 Å². The molecule has 6 rings (SSSR count). The van der Waals surface area contributed by atoms with Crippen LogP contribution in [0.15, 0.2) is 65.3 Å². The third-order valence-electron chi connectivity index (χ3n) is 7.23. The van der Waals surface area contributed by atoms with E-state index in [9.17, 15) is 9.50 Å². The van der Waals surface area contributed by atoms with Gasteiger partial charge >= 0.3 is 0 Å². The number of aryl methyl sites for hydroxylation is 1. The Morgan fingerprint density at radius 2 is 1.92 bits per heavy atom. The summed E-state index contributed by atoms with van der Waals surface area (Å²) in [7, 11) is 5.52. The minimum Gasteiger partial charge on any atom is -0.493 e. The van der Waals surface area contributed by atoms with Gasteiger partial charge in [0.15, 0.2) is 17.2 Å². The van der Waals surface area contributed by atoms with E-state index in [1.54, 1.807) is 24.1 Å². The zero-order valence-electron chi connectivity index (χ0n) is 21.4. The topological polar surface area (TPSA) is 89.4 Å². The lowest BCUT2D eigenvalue weighted by Gasteiger charge is -2.38. The van der Waals surface area contributed by atoms with Crippen molar-refractivity contribution in [3.63, 3.8) is 0 Å². The highest BCUT2D eigenvalue weighted by Crippen LogP contribution is 2.36. The van der Waals surface area contributed by atoms with E-state index in [1.807, 2.05) is 43.4 Å². The minimum absolute atomic E-state index is 0.195. The van der Waals surface area contributed by atoms with Gasteiger partial charge in [-0.05, 0) is 73.0 Å². The van der Waals surface area contributed by atoms with Crippen molar-refractivity contribution in [3.05, 3.63) is 72.3 Å². The average molecular weight is 514 g/mol. The van der Waals surface area contributed by atoms with E-state index in [-0.39, 0.29) is 11.9 Å². The van der Waals surface area contributed by atoms with Gasteiger partial charge in [-0.15, -0.1) is 10.2 Å². The summed E-state index contributed by atoms with van der Waals surface area (Å²) in [5, 5.41) is 17.8. The molecule has 1 saturated carbocycles. The van der Waals surface area contributed by atoms with Gasteiger partial charge < -0.3 is 18.8 Å². The number of benzene rings is 3. The Morgan fingerprint density at radius 3 is 2.66 bits per heavy atom. The van der Waals surface area contributed by atoms with Gasteiger partial charge in [0.2, 0.25) is 5.89 Å². The van der Waals surface area contributed by atoms with Gasteiger partial charge in [-0.25, -0.2) is 9.37 Å². The molecule has 38 heavy (non-hydrogen) atoms. The molecule has 1 aliphatic carbocycles. The summed E-state index contributed by atoms with van der Waals surface area (Å²) in [5.74, 6) is 1.32. The summed E-state index contributed by atoms with van der Waals surface area (Å²) in [6, 6.07) is 16.8. The predicted octanol–water partition coefficient (Wildman–Crippen LogP) is 5.06. The molecular weight excluding hydrogens is 485 g/mol. The Hall–Kier alpha value is -4.08. The van der Waals surface area contributed by atoms with Crippen LogP contribution in [0.4, 0.5) is 4.39 Å². The molecule has 0 aliphatic heterocycles. The smallest absolute Gasteiger partial charge is 0.227 e. The Kier molecular flexibility index (Phi) is 6.17. The summed E-state index contributed by atoms with van der Waals surface area (Å²) in [6.45, 7) is 0.719. The van der Waals surface area contributed by atoms with Gasteiger partial charge in [0.1, 0.15) is 17.7 Å². The number of nitrogens with zero attached hydrogens (tertiary/aromatic N) is 5. The molecule has 0 radical (unpaired) electrons. The van der Waals surface area contributed by atoms with E-state index >= 15 is 0 Å². The standard InChI is InChI=1S/C29H28FN5O3/c1-34(21-13-22(36)14-21)15-17-9-25-27(26(10-17)37-3)38-29(32-25)19-6-4-5-18(11-19)23-8-7-20(30)12-24(23)28-33-31-16-35(28)2/h4-12,16,21-22,36H,13-15H2,1-3H3. The Morgan fingerprint density at radius 1 is 1.11 bits per heavy atom. The zero-order chi connectivity index (χ0) is 26.4. The molecular formula is C29H28FN5O3. The second-order valence-corrected chi connectivity index (χ2v) is 9.90. The van der Waals surface area contributed by atoms with Crippen LogP contribution in [-0.4, -0.2) is 56.1 Å². The third-order valence-corrected chi connectivity index (χ3v) is 7.23. The van der Waals surface area contributed by atoms with Crippen LogP contribution in [-0.2, 0) is 13.6 Å². The molecule has 0 spiro atoms. The lowest BCUT2D eigenvalue weighted by Crippen LogP contribution is -2.44. The van der Waals surface area contributed by atoms with Gasteiger partial charge in [-0.2, -0.15) is 0 Å². The number of fused-ring (bicyclic) bond motifs is 1. The van der Waals surface area contributed by atoms with Crippen molar-refractivity contribution in [3.8, 4) is 39.7 Å². The molecule has 2 aromatic heterocycles. The van der Waals surface area contributed by atoms with Crippen LogP contribution in [0.3, 0.4) is 0 Å². The second-order valence-electron chi connectivity index (χ2n) is 9.90. The largest absolute Gasteiger partial charge is 0.493 e. The summed E-state index contributed by atoms with van der Waals surface area (Å²) >= 11 is 0. The molecule has 2 heterocycles. The monoisotopic (exact) mass is 513 g/mol. The van der Waals surface area contributed by atoms with Gasteiger partial charge in [0.05, 0.1) is 13.2 Å². The van der Waals surface area contributed by atoms with Crippen LogP contribution in [0.5, 0.6) is 5.75 Å².